The number of nitrogens with zero attached hydrogens (tertiary/aromatic N) is 3. The largest absolute Gasteiger partial charge is 0.394 e. The van der Waals surface area contributed by atoms with Crippen LogP contribution in [0.2, 0.25) is 0 Å². The summed E-state index contributed by atoms with van der Waals surface area (Å²) in [6.45, 7) is -0.851. The molecule has 1 aliphatic rings. The van der Waals surface area contributed by atoms with Gasteiger partial charge in [-0.15, -0.1) is 0 Å². The SMILES string of the molecule is [N-]=[N+]=NCC(=O)Nc1ccc(CO[C@@H]2[C@@H](O)[C@@H](O)[C@@H](CO)O[C@H]2O)cc1. The fourth-order valence-corrected chi connectivity index (χ4v) is 2.43. The summed E-state index contributed by atoms with van der Waals surface area (Å²) in [4.78, 5) is 13.9. The van der Waals surface area contributed by atoms with Gasteiger partial charge in [0, 0.05) is 10.6 Å². The molecule has 5 atom stereocenters. The van der Waals surface area contributed by atoms with Crippen molar-refractivity contribution in [3.63, 3.8) is 0 Å². The van der Waals surface area contributed by atoms with Crippen LogP contribution in [-0.2, 0) is 20.9 Å². The molecule has 142 valence electrons. The number of benzene rings is 1. The Balaban J connectivity index is 1.89. The zero-order chi connectivity index (χ0) is 19.1. The summed E-state index contributed by atoms with van der Waals surface area (Å²) >= 11 is 0. The maximum atomic E-state index is 11.4. The van der Waals surface area contributed by atoms with Gasteiger partial charge in [-0.25, -0.2) is 0 Å². The van der Waals surface area contributed by atoms with Gasteiger partial charge in [0.05, 0.1) is 13.2 Å². The first-order valence-corrected chi connectivity index (χ1v) is 7.78. The number of hydrogen-bond acceptors (Lipinski definition) is 8. The van der Waals surface area contributed by atoms with Gasteiger partial charge in [-0.05, 0) is 23.2 Å². The topological polar surface area (TPSA) is 177 Å². The predicted octanol–water partition coefficient (Wildman–Crippen LogP) is -0.748. The minimum absolute atomic E-state index is 0.00557. The van der Waals surface area contributed by atoms with E-state index in [0.717, 1.165) is 0 Å². The minimum Gasteiger partial charge on any atom is -0.394 e. The smallest absolute Gasteiger partial charge is 0.230 e. The van der Waals surface area contributed by atoms with Crippen molar-refractivity contribution in [3.05, 3.63) is 40.3 Å². The van der Waals surface area contributed by atoms with E-state index < -0.39 is 43.2 Å². The third kappa shape index (κ3) is 5.13. The molecule has 0 aliphatic carbocycles. The zero-order valence-electron chi connectivity index (χ0n) is 13.7. The molecule has 11 heteroatoms. The molecular weight excluding hydrogens is 348 g/mol. The van der Waals surface area contributed by atoms with Crippen LogP contribution in [0.25, 0.3) is 10.4 Å². The van der Waals surface area contributed by atoms with Crippen LogP contribution >= 0.6 is 0 Å². The lowest BCUT2D eigenvalue weighted by Gasteiger charge is -2.39. The fourth-order valence-electron chi connectivity index (χ4n) is 2.43. The van der Waals surface area contributed by atoms with Gasteiger partial charge in [-0.3, -0.25) is 4.79 Å². The van der Waals surface area contributed by atoms with Crippen LogP contribution in [0.1, 0.15) is 5.56 Å². The number of carbonyl (C=O) groups is 1. The second-order valence-electron chi connectivity index (χ2n) is 5.64. The Bertz CT molecular complexity index is 650. The van der Waals surface area contributed by atoms with E-state index in [1.807, 2.05) is 0 Å². The van der Waals surface area contributed by atoms with Crippen LogP contribution in [0.3, 0.4) is 0 Å². The third-order valence-electron chi connectivity index (χ3n) is 3.80. The molecule has 1 saturated heterocycles. The van der Waals surface area contributed by atoms with Crippen LogP contribution in [-0.4, -0.2) is 70.2 Å². The van der Waals surface area contributed by atoms with E-state index in [2.05, 4.69) is 15.3 Å². The average molecular weight is 368 g/mol. The Kier molecular flexibility index (Phi) is 7.30. The molecule has 1 aromatic rings. The predicted molar refractivity (Wildman–Crippen MR) is 87.6 cm³/mol. The van der Waals surface area contributed by atoms with Gasteiger partial charge in [0.2, 0.25) is 5.91 Å². The molecule has 1 heterocycles. The van der Waals surface area contributed by atoms with Crippen LogP contribution in [0, 0.1) is 0 Å². The van der Waals surface area contributed by atoms with E-state index in [1.165, 1.54) is 0 Å². The lowest BCUT2D eigenvalue weighted by atomic mass is 9.99. The lowest BCUT2D eigenvalue weighted by Crippen LogP contribution is -2.59. The van der Waals surface area contributed by atoms with Crippen molar-refractivity contribution >= 4 is 11.6 Å². The number of nitrogens with one attached hydrogen (secondary N) is 1. The van der Waals surface area contributed by atoms with Crippen molar-refractivity contribution in [1.82, 2.24) is 0 Å². The van der Waals surface area contributed by atoms with E-state index in [1.54, 1.807) is 24.3 Å². The Labute approximate surface area is 148 Å². The molecular formula is C15H20N4O7. The van der Waals surface area contributed by atoms with Gasteiger partial charge in [-0.1, -0.05) is 17.2 Å². The van der Waals surface area contributed by atoms with Crippen molar-refractivity contribution in [3.8, 4) is 0 Å². The molecule has 0 spiro atoms. The van der Waals surface area contributed by atoms with Crippen molar-refractivity contribution in [2.24, 2.45) is 5.11 Å². The lowest BCUT2D eigenvalue weighted by molar-refractivity contribution is -0.298. The van der Waals surface area contributed by atoms with Crippen molar-refractivity contribution in [1.29, 1.82) is 0 Å². The highest BCUT2D eigenvalue weighted by molar-refractivity contribution is 5.92. The maximum absolute atomic E-state index is 11.4. The summed E-state index contributed by atoms with van der Waals surface area (Å²) in [7, 11) is 0. The fraction of sp³-hybridized carbons (Fsp3) is 0.533. The summed E-state index contributed by atoms with van der Waals surface area (Å²) in [6, 6.07) is 6.51. The summed E-state index contributed by atoms with van der Waals surface area (Å²) < 4.78 is 10.4. The summed E-state index contributed by atoms with van der Waals surface area (Å²) in [5.41, 5.74) is 9.33. The number of aliphatic hydroxyl groups is 4. The normalized spacial score (nSPS) is 28.2. The number of hydrogen-bond donors (Lipinski definition) is 5. The van der Waals surface area contributed by atoms with Crippen LogP contribution in [0.4, 0.5) is 5.69 Å². The molecule has 26 heavy (non-hydrogen) atoms. The van der Waals surface area contributed by atoms with Crippen molar-refractivity contribution < 1.29 is 34.7 Å². The number of anilines is 1. The zero-order valence-corrected chi connectivity index (χ0v) is 13.7. The molecule has 0 radical (unpaired) electrons. The van der Waals surface area contributed by atoms with Crippen molar-refractivity contribution in [2.75, 3.05) is 18.5 Å². The second kappa shape index (κ2) is 9.46. The Morgan fingerprint density at radius 3 is 2.58 bits per heavy atom. The first-order chi connectivity index (χ1) is 12.5. The second-order valence-corrected chi connectivity index (χ2v) is 5.64. The van der Waals surface area contributed by atoms with Crippen LogP contribution < -0.4 is 5.32 Å². The molecule has 2 rings (SSSR count). The van der Waals surface area contributed by atoms with Crippen LogP contribution in [0.15, 0.2) is 29.4 Å². The molecule has 0 bridgehead atoms. The minimum atomic E-state index is -1.50. The van der Waals surface area contributed by atoms with Gasteiger partial charge in [0.15, 0.2) is 6.29 Å². The van der Waals surface area contributed by atoms with Crippen molar-refractivity contribution in [2.45, 2.75) is 37.3 Å². The molecule has 1 aromatic carbocycles. The molecule has 11 nitrogen and oxygen atoms in total. The van der Waals surface area contributed by atoms with E-state index in [-0.39, 0.29) is 13.2 Å². The molecule has 0 unspecified atom stereocenters. The van der Waals surface area contributed by atoms with E-state index in [4.69, 9.17) is 20.1 Å². The standard InChI is InChI=1S/C15H20N4O7/c16-19-17-5-11(21)18-9-3-1-8(2-4-9)7-25-14-13(23)12(22)10(6-20)26-15(14)24/h1-4,10,12-15,20,22-24H,5-7H2,(H,18,21)/t10-,12+,13+,14-,15-/m1/s1. The van der Waals surface area contributed by atoms with E-state index in [9.17, 15) is 20.1 Å². The monoisotopic (exact) mass is 368 g/mol. The van der Waals surface area contributed by atoms with Gasteiger partial charge < -0.3 is 35.2 Å². The highest BCUT2D eigenvalue weighted by Crippen LogP contribution is 2.23. The molecule has 0 saturated carbocycles. The van der Waals surface area contributed by atoms with Crippen LogP contribution in [0.5, 0.6) is 0 Å². The number of ether oxygens (including phenoxy) is 2. The van der Waals surface area contributed by atoms with Gasteiger partial charge >= 0.3 is 0 Å². The first kappa shape index (κ1) is 20.1. The Morgan fingerprint density at radius 2 is 1.96 bits per heavy atom. The van der Waals surface area contributed by atoms with E-state index >= 15 is 0 Å². The van der Waals surface area contributed by atoms with Gasteiger partial charge in [-0.2, -0.15) is 0 Å². The number of amides is 1. The maximum Gasteiger partial charge on any atom is 0.230 e. The van der Waals surface area contributed by atoms with Gasteiger partial charge in [0.1, 0.15) is 31.0 Å². The third-order valence-corrected chi connectivity index (χ3v) is 3.80. The number of rotatable bonds is 7. The Morgan fingerprint density at radius 1 is 1.27 bits per heavy atom. The summed E-state index contributed by atoms with van der Waals surface area (Å²) in [5.74, 6) is -0.454. The molecule has 5 N–H and O–H groups in total. The number of carbonyl (C=O) groups excluding carboxylic acids is 1. The number of aliphatic hydroxyl groups excluding tert-OH is 4. The first-order valence-electron chi connectivity index (χ1n) is 7.78. The molecule has 1 amide bonds. The number of azide groups is 1. The molecule has 1 aliphatic heterocycles. The quantitative estimate of drug-likeness (QED) is 0.239. The highest BCUT2D eigenvalue weighted by atomic mass is 16.7. The average Bonchev–Trinajstić information content (AvgIpc) is 2.64. The van der Waals surface area contributed by atoms with E-state index in [0.29, 0.717) is 11.3 Å². The molecule has 0 aromatic heterocycles. The molecule has 1 fully saturated rings. The summed E-state index contributed by atoms with van der Waals surface area (Å²) in [5, 5.41) is 44.4. The highest BCUT2D eigenvalue weighted by Gasteiger charge is 2.44. The Hall–Kier alpha value is -2.24. The van der Waals surface area contributed by atoms with Gasteiger partial charge in [0.25, 0.3) is 0 Å². The summed E-state index contributed by atoms with van der Waals surface area (Å²) in [6.07, 6.45) is -6.58.